The molecule has 1 aromatic heterocycles. The van der Waals surface area contributed by atoms with Gasteiger partial charge in [-0.3, -0.25) is 0 Å². The average Bonchev–Trinajstić information content (AvgIpc) is 3.19. The van der Waals surface area contributed by atoms with Gasteiger partial charge in [0.15, 0.2) is 0 Å². The maximum absolute atomic E-state index is 10.4. The van der Waals surface area contributed by atoms with E-state index in [4.69, 9.17) is 4.74 Å². The monoisotopic (exact) mass is 353 g/mol. The van der Waals surface area contributed by atoms with E-state index in [9.17, 15) is 5.11 Å². The van der Waals surface area contributed by atoms with Gasteiger partial charge in [0.25, 0.3) is 0 Å². The van der Waals surface area contributed by atoms with Gasteiger partial charge in [-0.25, -0.2) is 0 Å². The van der Waals surface area contributed by atoms with Gasteiger partial charge in [0.05, 0.1) is 6.10 Å². The molecule has 2 atom stereocenters. The van der Waals surface area contributed by atoms with Gasteiger partial charge < -0.3 is 15.2 Å². The molecule has 3 rings (SSSR count). The quantitative estimate of drug-likeness (QED) is 0.625. The molecule has 3 aromatic rings. The molecule has 1 heterocycles. The van der Waals surface area contributed by atoms with E-state index in [0.29, 0.717) is 13.2 Å². The molecule has 0 aliphatic rings. The summed E-state index contributed by atoms with van der Waals surface area (Å²) in [5.41, 5.74) is 2.09. The lowest BCUT2D eigenvalue weighted by atomic mass is 10.0. The van der Waals surface area contributed by atoms with Gasteiger partial charge in [-0.05, 0) is 41.6 Å². The molecule has 0 saturated carbocycles. The minimum absolute atomic E-state index is 0.0304. The Morgan fingerprint density at radius 1 is 1.00 bits per heavy atom. The van der Waals surface area contributed by atoms with Crippen LogP contribution in [-0.2, 0) is 13.2 Å². The van der Waals surface area contributed by atoms with E-state index in [-0.39, 0.29) is 6.04 Å². The Morgan fingerprint density at radius 2 is 1.76 bits per heavy atom. The third-order valence-corrected chi connectivity index (χ3v) is 4.98. The fourth-order valence-corrected chi connectivity index (χ4v) is 3.20. The predicted molar refractivity (Wildman–Crippen MR) is 103 cm³/mol. The van der Waals surface area contributed by atoms with Gasteiger partial charge in [0, 0.05) is 17.5 Å². The van der Waals surface area contributed by atoms with Gasteiger partial charge in [0.1, 0.15) is 12.4 Å². The van der Waals surface area contributed by atoms with E-state index in [1.54, 1.807) is 11.3 Å². The van der Waals surface area contributed by atoms with E-state index in [1.807, 2.05) is 55.5 Å². The number of thiophene rings is 1. The van der Waals surface area contributed by atoms with Crippen LogP contribution in [0.25, 0.3) is 0 Å². The summed E-state index contributed by atoms with van der Waals surface area (Å²) in [7, 11) is 0. The zero-order valence-electron chi connectivity index (χ0n) is 14.3. The second kappa shape index (κ2) is 8.81. The predicted octanol–water partition coefficient (Wildman–Crippen LogP) is 4.54. The highest BCUT2D eigenvalue weighted by atomic mass is 32.1. The van der Waals surface area contributed by atoms with Gasteiger partial charge >= 0.3 is 0 Å². The second-order valence-corrected chi connectivity index (χ2v) is 7.07. The Labute approximate surface area is 152 Å². The van der Waals surface area contributed by atoms with Crippen LogP contribution in [0, 0.1) is 0 Å². The molecule has 0 amide bonds. The molecule has 25 heavy (non-hydrogen) atoms. The first-order valence-electron chi connectivity index (χ1n) is 8.43. The molecular weight excluding hydrogens is 330 g/mol. The molecule has 3 nitrogen and oxygen atoms in total. The zero-order valence-corrected chi connectivity index (χ0v) is 15.1. The first-order valence-corrected chi connectivity index (χ1v) is 9.31. The molecule has 4 heteroatoms. The van der Waals surface area contributed by atoms with Crippen molar-refractivity contribution in [2.45, 2.75) is 32.2 Å². The van der Waals surface area contributed by atoms with Crippen LogP contribution in [-0.4, -0.2) is 11.1 Å². The van der Waals surface area contributed by atoms with E-state index in [2.05, 4.69) is 28.9 Å². The van der Waals surface area contributed by atoms with Crippen molar-refractivity contribution in [3.05, 3.63) is 88.1 Å². The molecule has 0 aliphatic heterocycles. The van der Waals surface area contributed by atoms with Crippen molar-refractivity contribution >= 4 is 11.3 Å². The first-order chi connectivity index (χ1) is 12.2. The van der Waals surface area contributed by atoms with E-state index in [1.165, 1.54) is 4.88 Å². The summed E-state index contributed by atoms with van der Waals surface area (Å²) in [5, 5.41) is 15.8. The van der Waals surface area contributed by atoms with Crippen LogP contribution in [0.4, 0.5) is 0 Å². The smallest absolute Gasteiger partial charge is 0.122 e. The van der Waals surface area contributed by atoms with Crippen molar-refractivity contribution < 1.29 is 9.84 Å². The first kappa shape index (κ1) is 17.7. The molecule has 0 aliphatic carbocycles. The Balaban J connectivity index is 1.48. The van der Waals surface area contributed by atoms with Gasteiger partial charge in [-0.2, -0.15) is 0 Å². The van der Waals surface area contributed by atoms with Crippen molar-refractivity contribution in [1.29, 1.82) is 0 Å². The van der Waals surface area contributed by atoms with Crippen LogP contribution in [0.2, 0.25) is 0 Å². The number of rotatable bonds is 8. The summed E-state index contributed by atoms with van der Waals surface area (Å²) in [4.78, 5) is 1.22. The topological polar surface area (TPSA) is 41.5 Å². The lowest BCUT2D eigenvalue weighted by Crippen LogP contribution is -2.31. The van der Waals surface area contributed by atoms with Crippen LogP contribution in [0.1, 0.15) is 29.0 Å². The summed E-state index contributed by atoms with van der Waals surface area (Å²) in [6, 6.07) is 21.9. The van der Waals surface area contributed by atoms with Crippen LogP contribution in [0.15, 0.2) is 72.1 Å². The second-order valence-electron chi connectivity index (χ2n) is 6.04. The molecule has 2 N–H and O–H groups in total. The lowest BCUT2D eigenvalue weighted by molar-refractivity contribution is 0.135. The number of aliphatic hydroxyl groups excluding tert-OH is 1. The van der Waals surface area contributed by atoms with Crippen molar-refractivity contribution in [2.75, 3.05) is 0 Å². The van der Waals surface area contributed by atoms with Crippen molar-refractivity contribution in [3.63, 3.8) is 0 Å². The Hall–Kier alpha value is -2.14. The Kier molecular flexibility index (Phi) is 6.23. The number of ether oxygens (including phenoxy) is 1. The van der Waals surface area contributed by atoms with Gasteiger partial charge in [-0.1, -0.05) is 48.5 Å². The highest BCUT2D eigenvalue weighted by Gasteiger charge is 2.15. The summed E-state index contributed by atoms with van der Waals surface area (Å²) in [6.45, 7) is 3.31. The fourth-order valence-electron chi connectivity index (χ4n) is 2.58. The molecule has 0 spiro atoms. The fraction of sp³-hybridized carbons (Fsp3) is 0.238. The standard InChI is InChI=1S/C21H23NO2S/c1-16(21(23)18-6-3-2-4-7-18)22-14-17-9-11-19(12-10-17)24-15-20-8-5-13-25-20/h2-13,16,21-23H,14-15H2,1H3. The molecular formula is C21H23NO2S. The van der Waals surface area contributed by atoms with Crippen molar-refractivity contribution in [3.8, 4) is 5.75 Å². The number of aliphatic hydroxyl groups is 1. The zero-order chi connectivity index (χ0) is 17.5. The Bertz CT molecular complexity index is 741. The summed E-state index contributed by atoms with van der Waals surface area (Å²) in [6.07, 6.45) is -0.519. The number of benzene rings is 2. The van der Waals surface area contributed by atoms with Crippen molar-refractivity contribution in [1.82, 2.24) is 5.32 Å². The van der Waals surface area contributed by atoms with Crippen LogP contribution in [0.3, 0.4) is 0 Å². The molecule has 0 saturated heterocycles. The minimum atomic E-state index is -0.519. The molecule has 0 fully saturated rings. The van der Waals surface area contributed by atoms with Crippen LogP contribution >= 0.6 is 11.3 Å². The Morgan fingerprint density at radius 3 is 2.44 bits per heavy atom. The van der Waals surface area contributed by atoms with Gasteiger partial charge in [-0.15, -0.1) is 11.3 Å². The maximum Gasteiger partial charge on any atom is 0.122 e. The molecule has 130 valence electrons. The minimum Gasteiger partial charge on any atom is -0.488 e. The highest BCUT2D eigenvalue weighted by Crippen LogP contribution is 2.18. The highest BCUT2D eigenvalue weighted by molar-refractivity contribution is 7.09. The number of nitrogens with one attached hydrogen (secondary N) is 1. The molecule has 2 unspecified atom stereocenters. The van der Waals surface area contributed by atoms with Crippen LogP contribution in [0.5, 0.6) is 5.75 Å². The summed E-state index contributed by atoms with van der Waals surface area (Å²) >= 11 is 1.70. The summed E-state index contributed by atoms with van der Waals surface area (Å²) < 4.78 is 5.78. The number of hydrogen-bond donors (Lipinski definition) is 2. The normalized spacial score (nSPS) is 13.4. The van der Waals surface area contributed by atoms with Crippen molar-refractivity contribution in [2.24, 2.45) is 0 Å². The third-order valence-electron chi connectivity index (χ3n) is 4.13. The maximum atomic E-state index is 10.4. The summed E-state index contributed by atoms with van der Waals surface area (Å²) in [5.74, 6) is 0.870. The van der Waals surface area contributed by atoms with E-state index < -0.39 is 6.10 Å². The molecule has 0 bridgehead atoms. The molecule has 2 aromatic carbocycles. The SMILES string of the molecule is CC(NCc1ccc(OCc2cccs2)cc1)C(O)c1ccccc1. The lowest BCUT2D eigenvalue weighted by Gasteiger charge is -2.20. The van der Waals surface area contributed by atoms with E-state index in [0.717, 1.165) is 16.9 Å². The molecule has 0 radical (unpaired) electrons. The number of hydrogen-bond acceptors (Lipinski definition) is 4. The van der Waals surface area contributed by atoms with Crippen LogP contribution < -0.4 is 10.1 Å². The van der Waals surface area contributed by atoms with E-state index >= 15 is 0 Å². The average molecular weight is 353 g/mol. The largest absolute Gasteiger partial charge is 0.488 e. The third kappa shape index (κ3) is 5.16. The van der Waals surface area contributed by atoms with Gasteiger partial charge in [0.2, 0.25) is 0 Å².